The fraction of sp³-hybridized carbons (Fsp3) is 0.160. The smallest absolute Gasteiger partial charge is 0.263 e. The molecule has 0 unspecified atom stereocenters. The van der Waals surface area contributed by atoms with Crippen LogP contribution in [-0.2, 0) is 17.9 Å². The number of nitrogens with one attached hydrogen (secondary N) is 1. The van der Waals surface area contributed by atoms with Crippen molar-refractivity contribution in [3.63, 3.8) is 0 Å². The number of methoxy groups -OCH3 is 1. The van der Waals surface area contributed by atoms with E-state index in [0.29, 0.717) is 28.5 Å². The number of rotatable bonds is 9. The van der Waals surface area contributed by atoms with E-state index in [-0.39, 0.29) is 17.2 Å². The molecule has 0 spiro atoms. The first-order chi connectivity index (χ1) is 16.1. The predicted octanol–water partition coefficient (Wildman–Crippen LogP) is 4.73. The maximum absolute atomic E-state index is 13.1. The molecule has 0 radical (unpaired) electrons. The SMILES string of the molecule is C=CCn1c(SCC(=O)NCc2ccc(OC)cc2)nc2sc(-c3ccccc3)cc2c1=O. The van der Waals surface area contributed by atoms with Crippen molar-refractivity contribution in [2.45, 2.75) is 18.2 Å². The highest BCUT2D eigenvalue weighted by atomic mass is 32.2. The second kappa shape index (κ2) is 10.5. The standard InChI is InChI=1S/C25H23N3O3S2/c1-3-13-28-24(30)20-14-21(18-7-5-4-6-8-18)33-23(20)27-25(28)32-16-22(29)26-15-17-9-11-19(31-2)12-10-17/h3-12,14H,1,13,15-16H2,2H3,(H,26,29). The third-order valence-electron chi connectivity index (χ3n) is 4.97. The van der Waals surface area contributed by atoms with Gasteiger partial charge in [0.2, 0.25) is 5.91 Å². The van der Waals surface area contributed by atoms with Crippen LogP contribution < -0.4 is 15.6 Å². The fourth-order valence-corrected chi connectivity index (χ4v) is 5.18. The maximum Gasteiger partial charge on any atom is 0.263 e. The normalized spacial score (nSPS) is 10.8. The van der Waals surface area contributed by atoms with Crippen LogP contribution in [-0.4, -0.2) is 28.3 Å². The Hall–Kier alpha value is -3.36. The van der Waals surface area contributed by atoms with Crippen LogP contribution in [0.15, 0.2) is 83.3 Å². The molecule has 4 rings (SSSR count). The van der Waals surface area contributed by atoms with Crippen LogP contribution in [0.3, 0.4) is 0 Å². The molecular formula is C25H23N3O3S2. The highest BCUT2D eigenvalue weighted by Crippen LogP contribution is 2.32. The molecule has 2 heterocycles. The van der Waals surface area contributed by atoms with Crippen molar-refractivity contribution in [3.8, 4) is 16.2 Å². The molecule has 2 aromatic carbocycles. The average Bonchev–Trinajstić information content (AvgIpc) is 3.29. The van der Waals surface area contributed by atoms with E-state index in [0.717, 1.165) is 21.8 Å². The van der Waals surface area contributed by atoms with Gasteiger partial charge in [0.05, 0.1) is 18.2 Å². The van der Waals surface area contributed by atoms with E-state index in [9.17, 15) is 9.59 Å². The van der Waals surface area contributed by atoms with E-state index < -0.39 is 0 Å². The number of thiophene rings is 1. The van der Waals surface area contributed by atoms with Crippen molar-refractivity contribution < 1.29 is 9.53 Å². The van der Waals surface area contributed by atoms with Gasteiger partial charge >= 0.3 is 0 Å². The highest BCUT2D eigenvalue weighted by molar-refractivity contribution is 7.99. The molecule has 1 N–H and O–H groups in total. The summed E-state index contributed by atoms with van der Waals surface area (Å²) in [6.45, 7) is 4.50. The Morgan fingerprint density at radius 1 is 1.21 bits per heavy atom. The van der Waals surface area contributed by atoms with Crippen molar-refractivity contribution in [2.75, 3.05) is 12.9 Å². The van der Waals surface area contributed by atoms with Crippen LogP contribution in [0.1, 0.15) is 5.56 Å². The first kappa shape index (κ1) is 22.8. The minimum absolute atomic E-state index is 0.125. The molecule has 0 aliphatic rings. The van der Waals surface area contributed by atoms with E-state index in [1.54, 1.807) is 17.8 Å². The molecule has 8 heteroatoms. The van der Waals surface area contributed by atoms with Crippen LogP contribution >= 0.6 is 23.1 Å². The summed E-state index contributed by atoms with van der Waals surface area (Å²) in [7, 11) is 1.62. The number of fused-ring (bicyclic) bond motifs is 1. The molecule has 1 amide bonds. The Balaban J connectivity index is 1.50. The highest BCUT2D eigenvalue weighted by Gasteiger charge is 2.16. The zero-order chi connectivity index (χ0) is 23.2. The van der Waals surface area contributed by atoms with Gasteiger partial charge in [0.25, 0.3) is 5.56 Å². The van der Waals surface area contributed by atoms with Crippen LogP contribution in [0.4, 0.5) is 0 Å². The Bertz CT molecular complexity index is 1330. The largest absolute Gasteiger partial charge is 0.497 e. The van der Waals surface area contributed by atoms with Gasteiger partial charge in [0.1, 0.15) is 10.6 Å². The van der Waals surface area contributed by atoms with Crippen LogP contribution in [0, 0.1) is 0 Å². The first-order valence-electron chi connectivity index (χ1n) is 10.3. The summed E-state index contributed by atoms with van der Waals surface area (Å²) in [6.07, 6.45) is 1.66. The van der Waals surface area contributed by atoms with Gasteiger partial charge in [-0.15, -0.1) is 17.9 Å². The molecular weight excluding hydrogens is 454 g/mol. The molecule has 168 valence electrons. The Morgan fingerprint density at radius 2 is 1.97 bits per heavy atom. The van der Waals surface area contributed by atoms with E-state index in [2.05, 4.69) is 11.9 Å². The molecule has 6 nitrogen and oxygen atoms in total. The fourth-order valence-electron chi connectivity index (χ4n) is 3.27. The molecule has 0 aliphatic heterocycles. The quantitative estimate of drug-likeness (QED) is 0.214. The number of thioether (sulfide) groups is 1. The number of amides is 1. The summed E-state index contributed by atoms with van der Waals surface area (Å²) in [4.78, 5) is 31.9. The lowest BCUT2D eigenvalue weighted by atomic mass is 10.2. The van der Waals surface area contributed by atoms with Crippen LogP contribution in [0.25, 0.3) is 20.7 Å². The van der Waals surface area contributed by atoms with Gasteiger partial charge in [-0.2, -0.15) is 0 Å². The van der Waals surface area contributed by atoms with E-state index in [1.807, 2.05) is 60.7 Å². The molecule has 0 saturated heterocycles. The number of aromatic nitrogens is 2. The molecule has 4 aromatic rings. The van der Waals surface area contributed by atoms with Crippen LogP contribution in [0.2, 0.25) is 0 Å². The summed E-state index contributed by atoms with van der Waals surface area (Å²) in [5.41, 5.74) is 1.89. The van der Waals surface area contributed by atoms with Gasteiger partial charge in [-0.25, -0.2) is 4.98 Å². The number of nitrogens with zero attached hydrogens (tertiary/aromatic N) is 2. The Labute approximate surface area is 199 Å². The number of hydrogen-bond acceptors (Lipinski definition) is 6. The van der Waals surface area contributed by atoms with E-state index in [1.165, 1.54) is 23.1 Å². The van der Waals surface area contributed by atoms with E-state index in [4.69, 9.17) is 9.72 Å². The monoisotopic (exact) mass is 477 g/mol. The number of ether oxygens (including phenoxy) is 1. The summed E-state index contributed by atoms with van der Waals surface area (Å²) < 4.78 is 6.72. The predicted molar refractivity (Wildman–Crippen MR) is 135 cm³/mol. The minimum Gasteiger partial charge on any atom is -0.497 e. The third-order valence-corrected chi connectivity index (χ3v) is 7.02. The molecule has 0 aliphatic carbocycles. The zero-order valence-corrected chi connectivity index (χ0v) is 19.7. The number of carbonyl (C=O) groups is 1. The molecule has 0 bridgehead atoms. The Kier molecular flexibility index (Phi) is 7.26. The lowest BCUT2D eigenvalue weighted by molar-refractivity contribution is -0.118. The molecule has 2 aromatic heterocycles. The molecule has 0 atom stereocenters. The first-order valence-corrected chi connectivity index (χ1v) is 12.1. The van der Waals surface area contributed by atoms with Gasteiger partial charge in [0.15, 0.2) is 5.16 Å². The van der Waals surface area contributed by atoms with Gasteiger partial charge in [-0.05, 0) is 29.3 Å². The number of carbonyl (C=O) groups excluding carboxylic acids is 1. The lowest BCUT2D eigenvalue weighted by Gasteiger charge is -2.10. The van der Waals surface area contributed by atoms with Gasteiger partial charge in [0, 0.05) is 18.0 Å². The zero-order valence-electron chi connectivity index (χ0n) is 18.1. The van der Waals surface area contributed by atoms with Gasteiger partial charge < -0.3 is 10.1 Å². The summed E-state index contributed by atoms with van der Waals surface area (Å²) in [6, 6.07) is 19.3. The summed E-state index contributed by atoms with van der Waals surface area (Å²) in [5, 5.41) is 3.99. The second-order valence-electron chi connectivity index (χ2n) is 7.21. The lowest BCUT2D eigenvalue weighted by Crippen LogP contribution is -2.26. The topological polar surface area (TPSA) is 73.2 Å². The van der Waals surface area contributed by atoms with Crippen molar-refractivity contribution >= 4 is 39.2 Å². The van der Waals surface area contributed by atoms with E-state index >= 15 is 0 Å². The summed E-state index contributed by atoms with van der Waals surface area (Å²) in [5.74, 6) is 0.792. The molecule has 0 saturated carbocycles. The third kappa shape index (κ3) is 5.35. The van der Waals surface area contributed by atoms with Crippen molar-refractivity contribution in [1.82, 2.24) is 14.9 Å². The van der Waals surface area contributed by atoms with Crippen molar-refractivity contribution in [1.29, 1.82) is 0 Å². The maximum atomic E-state index is 13.1. The van der Waals surface area contributed by atoms with Gasteiger partial charge in [-0.3, -0.25) is 14.2 Å². The number of hydrogen-bond donors (Lipinski definition) is 1. The second-order valence-corrected chi connectivity index (χ2v) is 9.18. The van der Waals surface area contributed by atoms with Crippen molar-refractivity contribution in [2.24, 2.45) is 0 Å². The molecule has 0 fully saturated rings. The molecule has 33 heavy (non-hydrogen) atoms. The Morgan fingerprint density at radius 3 is 2.67 bits per heavy atom. The number of benzene rings is 2. The average molecular weight is 478 g/mol. The van der Waals surface area contributed by atoms with Crippen LogP contribution in [0.5, 0.6) is 5.75 Å². The summed E-state index contributed by atoms with van der Waals surface area (Å²) >= 11 is 2.72. The van der Waals surface area contributed by atoms with Crippen molar-refractivity contribution in [3.05, 3.63) is 89.2 Å². The number of allylic oxidation sites excluding steroid dienone is 1. The van der Waals surface area contributed by atoms with Gasteiger partial charge in [-0.1, -0.05) is 60.3 Å². The minimum atomic E-state index is -0.133.